The number of hydrogen-bond donors (Lipinski definition) is 0. The van der Waals surface area contributed by atoms with Crippen molar-refractivity contribution in [1.82, 2.24) is 14.8 Å². The zero-order chi connectivity index (χ0) is 23.5. The van der Waals surface area contributed by atoms with E-state index < -0.39 is 0 Å². The molecule has 1 atom stereocenters. The van der Waals surface area contributed by atoms with Crippen LogP contribution < -0.4 is 9.80 Å². The second kappa shape index (κ2) is 10.4. The molecule has 34 heavy (non-hydrogen) atoms. The first-order valence-electron chi connectivity index (χ1n) is 14.1. The van der Waals surface area contributed by atoms with Crippen LogP contribution >= 0.6 is 0 Å². The molecule has 3 saturated heterocycles. The van der Waals surface area contributed by atoms with Crippen molar-refractivity contribution >= 4 is 17.4 Å². The molecule has 0 bridgehead atoms. The van der Waals surface area contributed by atoms with Crippen molar-refractivity contribution in [3.63, 3.8) is 0 Å². The van der Waals surface area contributed by atoms with Gasteiger partial charge in [-0.3, -0.25) is 4.79 Å². The first-order valence-corrected chi connectivity index (χ1v) is 14.1. The number of pyridine rings is 1. The average molecular weight is 468 g/mol. The highest BCUT2D eigenvalue weighted by Crippen LogP contribution is 2.43. The topological polar surface area (TPSA) is 42.9 Å². The maximum atomic E-state index is 12.9. The number of hydrogen-bond acceptors (Lipinski definition) is 5. The molecule has 4 fully saturated rings. The molecular formula is C28H45N5O. The van der Waals surface area contributed by atoms with Gasteiger partial charge in [0.25, 0.3) is 0 Å². The van der Waals surface area contributed by atoms with Crippen LogP contribution in [0.2, 0.25) is 0 Å². The highest BCUT2D eigenvalue weighted by Gasteiger charge is 2.40. The standard InChI is InChI=1S/C28H45N5O/c1-3-30(4-2)27(34)23-7-6-16-33(22-23)25-10-11-26(29-21-25)32-19-14-28(15-20-32)12-17-31(18-13-28)24-8-5-9-24/h10-11,21,23-24H,3-9,12-20,22H2,1-2H3. The third-order valence-electron chi connectivity index (χ3n) is 9.54. The Balaban J connectivity index is 1.13. The summed E-state index contributed by atoms with van der Waals surface area (Å²) in [5.74, 6) is 1.56. The average Bonchev–Trinajstić information content (AvgIpc) is 2.86. The third kappa shape index (κ3) is 4.93. The minimum absolute atomic E-state index is 0.113. The van der Waals surface area contributed by atoms with Crippen LogP contribution in [0.3, 0.4) is 0 Å². The number of piperidine rings is 3. The van der Waals surface area contributed by atoms with Gasteiger partial charge in [0.1, 0.15) is 5.82 Å². The number of aromatic nitrogens is 1. The Labute approximate surface area is 206 Å². The zero-order valence-electron chi connectivity index (χ0n) is 21.6. The molecule has 1 amide bonds. The van der Waals surface area contributed by atoms with Crippen LogP contribution in [-0.4, -0.2) is 79.1 Å². The van der Waals surface area contributed by atoms with Gasteiger partial charge in [0.05, 0.1) is 17.8 Å². The van der Waals surface area contributed by atoms with Crippen molar-refractivity contribution in [2.75, 3.05) is 62.2 Å². The molecule has 4 heterocycles. The molecule has 188 valence electrons. The van der Waals surface area contributed by atoms with Crippen LogP contribution in [0.25, 0.3) is 0 Å². The molecule has 1 aromatic heterocycles. The van der Waals surface area contributed by atoms with E-state index in [0.717, 1.165) is 69.7 Å². The molecule has 0 radical (unpaired) electrons. The number of likely N-dealkylation sites (tertiary alicyclic amines) is 1. The van der Waals surface area contributed by atoms with Crippen molar-refractivity contribution in [2.24, 2.45) is 11.3 Å². The van der Waals surface area contributed by atoms with Gasteiger partial charge in [-0.15, -0.1) is 0 Å². The number of nitrogens with zero attached hydrogens (tertiary/aromatic N) is 5. The number of carbonyl (C=O) groups is 1. The summed E-state index contributed by atoms with van der Waals surface area (Å²) in [5, 5.41) is 0. The van der Waals surface area contributed by atoms with Crippen LogP contribution in [-0.2, 0) is 4.79 Å². The van der Waals surface area contributed by atoms with E-state index in [4.69, 9.17) is 4.98 Å². The molecule has 4 aliphatic rings. The van der Waals surface area contributed by atoms with Gasteiger partial charge < -0.3 is 19.6 Å². The number of rotatable bonds is 6. The third-order valence-corrected chi connectivity index (χ3v) is 9.54. The summed E-state index contributed by atoms with van der Waals surface area (Å²) in [7, 11) is 0. The predicted molar refractivity (Wildman–Crippen MR) is 139 cm³/mol. The Hall–Kier alpha value is -1.82. The summed E-state index contributed by atoms with van der Waals surface area (Å²) in [5.41, 5.74) is 1.74. The van der Waals surface area contributed by atoms with Gasteiger partial charge in [0, 0.05) is 45.3 Å². The fourth-order valence-corrected chi connectivity index (χ4v) is 6.78. The largest absolute Gasteiger partial charge is 0.369 e. The van der Waals surface area contributed by atoms with Crippen LogP contribution in [0.15, 0.2) is 18.3 Å². The van der Waals surface area contributed by atoms with Crippen molar-refractivity contribution in [3.8, 4) is 0 Å². The number of amides is 1. The van der Waals surface area contributed by atoms with Crippen LogP contribution in [0, 0.1) is 11.3 Å². The molecule has 1 aliphatic carbocycles. The fraction of sp³-hybridized carbons (Fsp3) is 0.786. The fourth-order valence-electron chi connectivity index (χ4n) is 6.78. The molecule has 3 aliphatic heterocycles. The summed E-state index contributed by atoms with van der Waals surface area (Å²) in [4.78, 5) is 27.4. The Morgan fingerprint density at radius 3 is 2.24 bits per heavy atom. The van der Waals surface area contributed by atoms with E-state index in [1.807, 2.05) is 11.1 Å². The lowest BCUT2D eigenvalue weighted by molar-refractivity contribution is -0.135. The minimum atomic E-state index is 0.113. The summed E-state index contributed by atoms with van der Waals surface area (Å²) in [6.45, 7) is 12.5. The summed E-state index contributed by atoms with van der Waals surface area (Å²) in [6.07, 6.45) is 13.9. The lowest BCUT2D eigenvalue weighted by Gasteiger charge is -2.50. The lowest BCUT2D eigenvalue weighted by atomic mass is 9.70. The van der Waals surface area contributed by atoms with Gasteiger partial charge in [-0.2, -0.15) is 0 Å². The SMILES string of the molecule is CCN(CC)C(=O)C1CCCN(c2ccc(N3CCC4(CC3)CCN(C3CCC3)CC4)nc2)C1. The maximum absolute atomic E-state index is 12.9. The van der Waals surface area contributed by atoms with Gasteiger partial charge in [-0.05, 0) is 95.9 Å². The molecular weight excluding hydrogens is 422 g/mol. The molecule has 6 nitrogen and oxygen atoms in total. The van der Waals surface area contributed by atoms with E-state index in [9.17, 15) is 4.79 Å². The van der Waals surface area contributed by atoms with E-state index in [0.29, 0.717) is 11.3 Å². The van der Waals surface area contributed by atoms with Gasteiger partial charge in [-0.1, -0.05) is 6.42 Å². The molecule has 1 saturated carbocycles. The number of carbonyl (C=O) groups excluding carboxylic acids is 1. The van der Waals surface area contributed by atoms with Gasteiger partial charge in [0.15, 0.2) is 0 Å². The van der Waals surface area contributed by atoms with Gasteiger partial charge in [0.2, 0.25) is 5.91 Å². The van der Waals surface area contributed by atoms with E-state index in [-0.39, 0.29) is 5.92 Å². The highest BCUT2D eigenvalue weighted by molar-refractivity contribution is 5.79. The van der Waals surface area contributed by atoms with E-state index >= 15 is 0 Å². The molecule has 1 aromatic rings. The maximum Gasteiger partial charge on any atom is 0.227 e. The normalized spacial score (nSPS) is 25.9. The van der Waals surface area contributed by atoms with Crippen LogP contribution in [0.4, 0.5) is 11.5 Å². The highest BCUT2D eigenvalue weighted by atomic mass is 16.2. The van der Waals surface area contributed by atoms with Gasteiger partial charge >= 0.3 is 0 Å². The molecule has 1 unspecified atom stereocenters. The quantitative estimate of drug-likeness (QED) is 0.620. The van der Waals surface area contributed by atoms with Crippen molar-refractivity contribution < 1.29 is 4.79 Å². The molecule has 1 spiro atoms. The molecule has 0 N–H and O–H groups in total. The predicted octanol–water partition coefficient (Wildman–Crippen LogP) is 4.40. The van der Waals surface area contributed by atoms with Crippen LogP contribution in [0.1, 0.15) is 71.6 Å². The van der Waals surface area contributed by atoms with Crippen molar-refractivity contribution in [2.45, 2.75) is 77.7 Å². The first-order chi connectivity index (χ1) is 16.6. The Bertz CT molecular complexity index is 801. The molecule has 0 aromatic carbocycles. The molecule has 5 rings (SSSR count). The van der Waals surface area contributed by atoms with E-state index in [1.165, 1.54) is 58.0 Å². The second-order valence-electron chi connectivity index (χ2n) is 11.3. The zero-order valence-corrected chi connectivity index (χ0v) is 21.6. The number of anilines is 2. The van der Waals surface area contributed by atoms with Crippen LogP contribution in [0.5, 0.6) is 0 Å². The summed E-state index contributed by atoms with van der Waals surface area (Å²) >= 11 is 0. The first kappa shape index (κ1) is 23.9. The lowest BCUT2D eigenvalue weighted by Crippen LogP contribution is -2.51. The van der Waals surface area contributed by atoms with Crippen molar-refractivity contribution in [1.29, 1.82) is 0 Å². The minimum Gasteiger partial charge on any atom is -0.369 e. The van der Waals surface area contributed by atoms with E-state index in [1.54, 1.807) is 0 Å². The Kier molecular flexibility index (Phi) is 7.33. The molecule has 6 heteroatoms. The summed E-state index contributed by atoms with van der Waals surface area (Å²) in [6, 6.07) is 5.35. The second-order valence-corrected chi connectivity index (χ2v) is 11.3. The van der Waals surface area contributed by atoms with Gasteiger partial charge in [-0.25, -0.2) is 4.98 Å². The van der Waals surface area contributed by atoms with E-state index in [2.05, 4.69) is 40.7 Å². The Morgan fingerprint density at radius 2 is 1.65 bits per heavy atom. The monoisotopic (exact) mass is 467 g/mol. The Morgan fingerprint density at radius 1 is 0.941 bits per heavy atom. The summed E-state index contributed by atoms with van der Waals surface area (Å²) < 4.78 is 0. The smallest absolute Gasteiger partial charge is 0.227 e. The van der Waals surface area contributed by atoms with Crippen molar-refractivity contribution in [3.05, 3.63) is 18.3 Å².